The number of pyridine rings is 1. The molecular weight excluding hydrogens is 225 g/mol. The number of fused-ring (bicyclic) bond motifs is 1. The highest BCUT2D eigenvalue weighted by molar-refractivity contribution is 6.38. The summed E-state index contributed by atoms with van der Waals surface area (Å²) in [6.45, 7) is 0. The molecule has 0 radical (unpaired) electrons. The van der Waals surface area contributed by atoms with Gasteiger partial charge in [-0.2, -0.15) is 0 Å². The van der Waals surface area contributed by atoms with Crippen molar-refractivity contribution in [3.05, 3.63) is 28.2 Å². The van der Waals surface area contributed by atoms with Crippen molar-refractivity contribution in [1.29, 1.82) is 0 Å². The molecule has 2 N–H and O–H groups in total. The average molecular weight is 230 g/mol. The Morgan fingerprint density at radius 2 is 1.79 bits per heavy atom. The maximum absolute atomic E-state index is 9.21. The Labute approximate surface area is 89.5 Å². The first-order chi connectivity index (χ1) is 6.58. The zero-order chi connectivity index (χ0) is 10.3. The maximum Gasteiger partial charge on any atom is 0.254 e. The van der Waals surface area contributed by atoms with Crippen molar-refractivity contribution in [2.45, 2.75) is 0 Å². The molecule has 0 atom stereocenters. The van der Waals surface area contributed by atoms with Crippen LogP contribution in [0, 0.1) is 0 Å². The van der Waals surface area contributed by atoms with Gasteiger partial charge in [0.25, 0.3) is 5.88 Å². The molecule has 1 aromatic heterocycles. The summed E-state index contributed by atoms with van der Waals surface area (Å²) in [4.78, 5) is 3.73. The van der Waals surface area contributed by atoms with E-state index in [0.29, 0.717) is 20.9 Å². The lowest BCUT2D eigenvalue weighted by Crippen LogP contribution is -1.81. The molecule has 0 saturated carbocycles. The van der Waals surface area contributed by atoms with Gasteiger partial charge in [0.15, 0.2) is 5.75 Å². The van der Waals surface area contributed by atoms with E-state index in [1.807, 2.05) is 0 Å². The Hall–Kier alpha value is -1.19. The van der Waals surface area contributed by atoms with Crippen LogP contribution in [0.15, 0.2) is 18.2 Å². The fourth-order valence-corrected chi connectivity index (χ4v) is 1.72. The van der Waals surface area contributed by atoms with Gasteiger partial charge in [-0.25, -0.2) is 4.98 Å². The summed E-state index contributed by atoms with van der Waals surface area (Å²) in [6.07, 6.45) is 0. The topological polar surface area (TPSA) is 53.4 Å². The van der Waals surface area contributed by atoms with E-state index < -0.39 is 5.88 Å². The summed E-state index contributed by atoms with van der Waals surface area (Å²) in [7, 11) is 0. The molecule has 1 heterocycles. The second kappa shape index (κ2) is 3.19. The predicted octanol–water partition coefficient (Wildman–Crippen LogP) is 2.95. The van der Waals surface area contributed by atoms with E-state index in [1.165, 1.54) is 6.07 Å². The van der Waals surface area contributed by atoms with Crippen LogP contribution in [0.3, 0.4) is 0 Å². The Bertz CT molecular complexity index is 514. The van der Waals surface area contributed by atoms with Gasteiger partial charge >= 0.3 is 0 Å². The summed E-state index contributed by atoms with van der Waals surface area (Å²) in [6, 6.07) is 4.45. The van der Waals surface area contributed by atoms with Gasteiger partial charge in [0, 0.05) is 10.4 Å². The molecule has 5 heteroatoms. The molecule has 0 unspecified atom stereocenters. The molecule has 0 aliphatic heterocycles. The van der Waals surface area contributed by atoms with E-state index in [-0.39, 0.29) is 5.75 Å². The molecule has 0 saturated heterocycles. The van der Waals surface area contributed by atoms with Gasteiger partial charge in [0.05, 0.1) is 10.5 Å². The predicted molar refractivity (Wildman–Crippen MR) is 55.1 cm³/mol. The SMILES string of the molecule is Oc1cc2c(Cl)cc(Cl)cc2nc1O. The Kier molecular flexibility index (Phi) is 2.13. The van der Waals surface area contributed by atoms with E-state index in [0.717, 1.165) is 0 Å². The molecule has 3 nitrogen and oxygen atoms in total. The van der Waals surface area contributed by atoms with Gasteiger partial charge < -0.3 is 10.2 Å². The fourth-order valence-electron chi connectivity index (χ4n) is 1.18. The lowest BCUT2D eigenvalue weighted by atomic mass is 10.2. The van der Waals surface area contributed by atoms with Crippen molar-refractivity contribution < 1.29 is 10.2 Å². The summed E-state index contributed by atoms with van der Waals surface area (Å²) in [5, 5.41) is 19.7. The minimum Gasteiger partial charge on any atom is -0.503 e. The summed E-state index contributed by atoms with van der Waals surface area (Å²) in [5.41, 5.74) is 0.442. The first-order valence-corrected chi connectivity index (χ1v) is 4.51. The lowest BCUT2D eigenvalue weighted by molar-refractivity contribution is 0.391. The molecule has 14 heavy (non-hydrogen) atoms. The number of rotatable bonds is 0. The molecule has 0 fully saturated rings. The zero-order valence-electron chi connectivity index (χ0n) is 6.83. The van der Waals surface area contributed by atoms with Crippen LogP contribution in [0.2, 0.25) is 10.0 Å². The first kappa shape index (κ1) is 9.37. The molecule has 2 aromatic rings. The van der Waals surface area contributed by atoms with Gasteiger partial charge in [-0.1, -0.05) is 23.2 Å². The molecular formula is C9H5Cl2NO2. The van der Waals surface area contributed by atoms with E-state index in [1.54, 1.807) is 12.1 Å². The lowest BCUT2D eigenvalue weighted by Gasteiger charge is -2.03. The molecule has 0 aliphatic rings. The highest BCUT2D eigenvalue weighted by atomic mass is 35.5. The Balaban J connectivity index is 2.89. The molecule has 0 aliphatic carbocycles. The Morgan fingerprint density at radius 3 is 2.50 bits per heavy atom. The second-order valence-electron chi connectivity index (χ2n) is 2.79. The quantitative estimate of drug-likeness (QED) is 0.731. The molecule has 1 aromatic carbocycles. The van der Waals surface area contributed by atoms with Crippen molar-refractivity contribution >= 4 is 34.1 Å². The third-order valence-electron chi connectivity index (χ3n) is 1.81. The number of hydrogen-bond acceptors (Lipinski definition) is 3. The highest BCUT2D eigenvalue weighted by Gasteiger charge is 2.07. The van der Waals surface area contributed by atoms with Crippen LogP contribution in [0.25, 0.3) is 10.9 Å². The molecule has 0 bridgehead atoms. The van der Waals surface area contributed by atoms with E-state index in [9.17, 15) is 5.11 Å². The standard InChI is InChI=1S/C9H5Cl2NO2/c10-4-1-6(11)5-3-8(13)9(14)12-7(5)2-4/h1-3,13H,(H,12,14). The smallest absolute Gasteiger partial charge is 0.254 e. The van der Waals surface area contributed by atoms with Crippen molar-refractivity contribution in [3.63, 3.8) is 0 Å². The van der Waals surface area contributed by atoms with Crippen LogP contribution in [0.1, 0.15) is 0 Å². The summed E-state index contributed by atoms with van der Waals surface area (Å²) >= 11 is 11.6. The molecule has 0 spiro atoms. The third kappa shape index (κ3) is 1.45. The number of hydrogen-bond donors (Lipinski definition) is 2. The summed E-state index contributed by atoms with van der Waals surface area (Å²) in [5.74, 6) is -0.738. The van der Waals surface area contributed by atoms with Gasteiger partial charge in [-0.05, 0) is 18.2 Å². The van der Waals surface area contributed by atoms with E-state index in [2.05, 4.69) is 4.98 Å². The monoisotopic (exact) mass is 229 g/mol. The number of nitrogens with zero attached hydrogens (tertiary/aromatic N) is 1. The van der Waals surface area contributed by atoms with E-state index in [4.69, 9.17) is 28.3 Å². The van der Waals surface area contributed by atoms with Crippen LogP contribution >= 0.6 is 23.2 Å². The van der Waals surface area contributed by atoms with Crippen LogP contribution in [0.5, 0.6) is 11.6 Å². The van der Waals surface area contributed by atoms with Crippen molar-refractivity contribution in [1.82, 2.24) is 4.98 Å². The van der Waals surface area contributed by atoms with Gasteiger partial charge in [0.1, 0.15) is 0 Å². The normalized spacial score (nSPS) is 10.7. The minimum absolute atomic E-state index is 0.304. The van der Waals surface area contributed by atoms with Crippen molar-refractivity contribution in [2.24, 2.45) is 0 Å². The van der Waals surface area contributed by atoms with Crippen molar-refractivity contribution in [2.75, 3.05) is 0 Å². The third-order valence-corrected chi connectivity index (χ3v) is 2.34. The van der Waals surface area contributed by atoms with Gasteiger partial charge in [0.2, 0.25) is 0 Å². The van der Waals surface area contributed by atoms with Crippen LogP contribution < -0.4 is 0 Å². The van der Waals surface area contributed by atoms with Crippen LogP contribution in [0.4, 0.5) is 0 Å². The van der Waals surface area contributed by atoms with Crippen molar-refractivity contribution in [3.8, 4) is 11.6 Å². The minimum atomic E-state index is -0.434. The number of aromatic hydroxyl groups is 2. The van der Waals surface area contributed by atoms with E-state index >= 15 is 0 Å². The Morgan fingerprint density at radius 1 is 1.07 bits per heavy atom. The highest BCUT2D eigenvalue weighted by Crippen LogP contribution is 2.32. The average Bonchev–Trinajstić information content (AvgIpc) is 2.08. The number of halogens is 2. The number of benzene rings is 1. The fraction of sp³-hybridized carbons (Fsp3) is 0. The van der Waals surface area contributed by atoms with Crippen LogP contribution in [-0.4, -0.2) is 15.2 Å². The molecule has 72 valence electrons. The zero-order valence-corrected chi connectivity index (χ0v) is 8.34. The van der Waals surface area contributed by atoms with Gasteiger partial charge in [-0.3, -0.25) is 0 Å². The van der Waals surface area contributed by atoms with Gasteiger partial charge in [-0.15, -0.1) is 0 Å². The molecule has 0 amide bonds. The first-order valence-electron chi connectivity index (χ1n) is 3.75. The second-order valence-corrected chi connectivity index (χ2v) is 3.63. The van der Waals surface area contributed by atoms with Crippen LogP contribution in [-0.2, 0) is 0 Å². The molecule has 2 rings (SSSR count). The number of aromatic nitrogens is 1. The summed E-state index contributed by atoms with van der Waals surface area (Å²) < 4.78 is 0. The maximum atomic E-state index is 9.21. The largest absolute Gasteiger partial charge is 0.503 e.